The topological polar surface area (TPSA) is 77.7 Å². The van der Waals surface area contributed by atoms with Crippen LogP contribution in [-0.4, -0.2) is 47.5 Å². The second-order valence-electron chi connectivity index (χ2n) is 5.94. The SMILES string of the molecule is O=C1OCCN1Cc1nc([C@]2(c3ccc(F)cc3)CCOC2)no1. The van der Waals surface area contributed by atoms with E-state index in [0.29, 0.717) is 44.5 Å². The summed E-state index contributed by atoms with van der Waals surface area (Å²) in [5, 5.41) is 4.10. The normalized spacial score (nSPS) is 23.7. The minimum atomic E-state index is -0.555. The van der Waals surface area contributed by atoms with Crippen LogP contribution in [0.25, 0.3) is 0 Å². The molecular formula is C16H16FN3O4. The Balaban J connectivity index is 1.62. The highest BCUT2D eigenvalue weighted by atomic mass is 19.1. The molecule has 8 heteroatoms. The van der Waals surface area contributed by atoms with Gasteiger partial charge in [-0.2, -0.15) is 4.98 Å². The molecule has 0 unspecified atom stereocenters. The smallest absolute Gasteiger partial charge is 0.410 e. The Bertz CT molecular complexity index is 740. The molecule has 126 valence electrons. The molecule has 0 spiro atoms. The second-order valence-corrected chi connectivity index (χ2v) is 5.94. The molecule has 3 heterocycles. The van der Waals surface area contributed by atoms with Crippen molar-refractivity contribution >= 4 is 6.09 Å². The van der Waals surface area contributed by atoms with E-state index in [4.69, 9.17) is 14.0 Å². The van der Waals surface area contributed by atoms with E-state index in [-0.39, 0.29) is 18.5 Å². The van der Waals surface area contributed by atoms with Crippen molar-refractivity contribution in [3.63, 3.8) is 0 Å². The van der Waals surface area contributed by atoms with Gasteiger partial charge in [0.2, 0.25) is 5.89 Å². The van der Waals surface area contributed by atoms with E-state index in [9.17, 15) is 9.18 Å². The van der Waals surface area contributed by atoms with Crippen molar-refractivity contribution < 1.29 is 23.2 Å². The van der Waals surface area contributed by atoms with E-state index in [1.54, 1.807) is 12.1 Å². The van der Waals surface area contributed by atoms with Crippen molar-refractivity contribution in [2.24, 2.45) is 0 Å². The Morgan fingerprint density at radius 1 is 1.25 bits per heavy atom. The first-order chi connectivity index (χ1) is 11.7. The monoisotopic (exact) mass is 333 g/mol. The van der Waals surface area contributed by atoms with Crippen LogP contribution < -0.4 is 0 Å². The van der Waals surface area contributed by atoms with Gasteiger partial charge in [-0.3, -0.25) is 4.90 Å². The van der Waals surface area contributed by atoms with Gasteiger partial charge in [0.1, 0.15) is 19.0 Å². The molecule has 2 fully saturated rings. The largest absolute Gasteiger partial charge is 0.448 e. The first kappa shape index (κ1) is 15.1. The summed E-state index contributed by atoms with van der Waals surface area (Å²) < 4.78 is 29.0. The van der Waals surface area contributed by atoms with Crippen molar-refractivity contribution in [3.8, 4) is 0 Å². The average molecular weight is 333 g/mol. The maximum absolute atomic E-state index is 13.2. The zero-order valence-corrected chi connectivity index (χ0v) is 12.9. The number of benzene rings is 1. The van der Waals surface area contributed by atoms with Crippen LogP contribution in [0, 0.1) is 5.82 Å². The minimum absolute atomic E-state index is 0.214. The lowest BCUT2D eigenvalue weighted by atomic mass is 9.79. The van der Waals surface area contributed by atoms with Crippen LogP contribution in [0.5, 0.6) is 0 Å². The van der Waals surface area contributed by atoms with Crippen LogP contribution in [0.15, 0.2) is 28.8 Å². The van der Waals surface area contributed by atoms with Gasteiger partial charge >= 0.3 is 6.09 Å². The molecule has 2 aromatic rings. The molecule has 1 aromatic heterocycles. The van der Waals surface area contributed by atoms with E-state index in [1.165, 1.54) is 17.0 Å². The van der Waals surface area contributed by atoms with Crippen LogP contribution in [0.4, 0.5) is 9.18 Å². The highest BCUT2D eigenvalue weighted by molar-refractivity contribution is 5.69. The maximum atomic E-state index is 13.2. The van der Waals surface area contributed by atoms with Crippen LogP contribution in [-0.2, 0) is 21.4 Å². The number of hydrogen-bond donors (Lipinski definition) is 0. The van der Waals surface area contributed by atoms with Gasteiger partial charge in [-0.15, -0.1) is 0 Å². The van der Waals surface area contributed by atoms with Crippen LogP contribution in [0.1, 0.15) is 23.7 Å². The third-order valence-corrected chi connectivity index (χ3v) is 4.49. The highest BCUT2D eigenvalue weighted by Gasteiger charge is 2.43. The number of rotatable bonds is 4. The molecule has 1 amide bonds. The summed E-state index contributed by atoms with van der Waals surface area (Å²) in [6, 6.07) is 6.27. The molecule has 0 N–H and O–H groups in total. The predicted molar refractivity (Wildman–Crippen MR) is 78.7 cm³/mol. The fraction of sp³-hybridized carbons (Fsp3) is 0.438. The minimum Gasteiger partial charge on any atom is -0.448 e. The molecule has 2 aliphatic heterocycles. The lowest BCUT2D eigenvalue weighted by Crippen LogP contribution is -2.30. The molecular weight excluding hydrogens is 317 g/mol. The van der Waals surface area contributed by atoms with Gasteiger partial charge in [-0.05, 0) is 24.1 Å². The van der Waals surface area contributed by atoms with Crippen molar-refractivity contribution in [2.45, 2.75) is 18.4 Å². The zero-order chi connectivity index (χ0) is 16.6. The Kier molecular flexibility index (Phi) is 3.68. The van der Waals surface area contributed by atoms with E-state index < -0.39 is 5.41 Å². The number of carbonyl (C=O) groups is 1. The van der Waals surface area contributed by atoms with E-state index in [1.807, 2.05) is 0 Å². The summed E-state index contributed by atoms with van der Waals surface area (Å²) in [6.07, 6.45) is 0.302. The number of ether oxygens (including phenoxy) is 2. The number of hydrogen-bond acceptors (Lipinski definition) is 6. The van der Waals surface area contributed by atoms with Crippen molar-refractivity contribution in [1.82, 2.24) is 15.0 Å². The summed E-state index contributed by atoms with van der Waals surface area (Å²) in [5.74, 6) is 0.542. The molecule has 0 aliphatic carbocycles. The fourth-order valence-electron chi connectivity index (χ4n) is 3.11. The van der Waals surface area contributed by atoms with Gasteiger partial charge in [0.25, 0.3) is 0 Å². The summed E-state index contributed by atoms with van der Waals surface area (Å²) in [7, 11) is 0. The molecule has 0 bridgehead atoms. The number of amides is 1. The lowest BCUT2D eigenvalue weighted by Gasteiger charge is -2.23. The van der Waals surface area contributed by atoms with Crippen LogP contribution >= 0.6 is 0 Å². The summed E-state index contributed by atoms with van der Waals surface area (Å²) in [5.41, 5.74) is 0.329. The summed E-state index contributed by atoms with van der Waals surface area (Å²) in [6.45, 7) is 2.06. The Hall–Kier alpha value is -2.48. The average Bonchev–Trinajstić information content (AvgIpc) is 3.31. The van der Waals surface area contributed by atoms with Gasteiger partial charge in [0.15, 0.2) is 5.82 Å². The molecule has 0 radical (unpaired) electrons. The Labute approximate surface area is 137 Å². The molecule has 4 rings (SSSR count). The standard InChI is InChI=1S/C16H16FN3O4/c17-12-3-1-11(2-4-12)16(5-7-22-10-16)14-18-13(24-19-14)9-20-6-8-23-15(20)21/h1-4H,5-10H2/t16-/m1/s1. The van der Waals surface area contributed by atoms with Gasteiger partial charge in [-0.25, -0.2) is 9.18 Å². The van der Waals surface area contributed by atoms with Crippen molar-refractivity contribution in [3.05, 3.63) is 47.4 Å². The van der Waals surface area contributed by atoms with Crippen LogP contribution in [0.3, 0.4) is 0 Å². The first-order valence-corrected chi connectivity index (χ1v) is 7.76. The molecule has 24 heavy (non-hydrogen) atoms. The highest BCUT2D eigenvalue weighted by Crippen LogP contribution is 2.38. The Morgan fingerprint density at radius 2 is 2.08 bits per heavy atom. The predicted octanol–water partition coefficient (Wildman–Crippen LogP) is 1.87. The molecule has 0 saturated carbocycles. The maximum Gasteiger partial charge on any atom is 0.410 e. The quantitative estimate of drug-likeness (QED) is 0.850. The lowest BCUT2D eigenvalue weighted by molar-refractivity contribution is 0.154. The van der Waals surface area contributed by atoms with E-state index in [0.717, 1.165) is 5.56 Å². The van der Waals surface area contributed by atoms with Gasteiger partial charge in [-0.1, -0.05) is 17.3 Å². The molecule has 1 aromatic carbocycles. The third kappa shape index (κ3) is 2.52. The second kappa shape index (κ2) is 5.86. The number of cyclic esters (lactones) is 1. The fourth-order valence-corrected chi connectivity index (χ4v) is 3.11. The molecule has 2 aliphatic rings. The number of aromatic nitrogens is 2. The number of carbonyl (C=O) groups excluding carboxylic acids is 1. The third-order valence-electron chi connectivity index (χ3n) is 4.49. The molecule has 2 saturated heterocycles. The van der Waals surface area contributed by atoms with Crippen molar-refractivity contribution in [2.75, 3.05) is 26.4 Å². The van der Waals surface area contributed by atoms with Gasteiger partial charge in [0.05, 0.1) is 18.6 Å². The summed E-state index contributed by atoms with van der Waals surface area (Å²) in [4.78, 5) is 17.5. The summed E-state index contributed by atoms with van der Waals surface area (Å²) >= 11 is 0. The van der Waals surface area contributed by atoms with Crippen molar-refractivity contribution in [1.29, 1.82) is 0 Å². The van der Waals surface area contributed by atoms with E-state index in [2.05, 4.69) is 10.1 Å². The zero-order valence-electron chi connectivity index (χ0n) is 12.9. The van der Waals surface area contributed by atoms with Gasteiger partial charge < -0.3 is 14.0 Å². The number of halogens is 1. The first-order valence-electron chi connectivity index (χ1n) is 7.76. The molecule has 1 atom stereocenters. The number of nitrogens with zero attached hydrogens (tertiary/aromatic N) is 3. The van der Waals surface area contributed by atoms with E-state index >= 15 is 0 Å². The van der Waals surface area contributed by atoms with Gasteiger partial charge in [0, 0.05) is 6.61 Å². The molecule has 7 nitrogen and oxygen atoms in total. The van der Waals surface area contributed by atoms with Crippen LogP contribution in [0.2, 0.25) is 0 Å². The Morgan fingerprint density at radius 3 is 2.75 bits per heavy atom.